The van der Waals surface area contributed by atoms with E-state index in [9.17, 15) is 0 Å². The second-order valence-corrected chi connectivity index (χ2v) is 10.5. The molecule has 6 aromatic rings. The lowest BCUT2D eigenvalue weighted by molar-refractivity contribution is 1.21. The molecule has 208 valence electrons. The Kier molecular flexibility index (Phi) is 8.02. The van der Waals surface area contributed by atoms with Gasteiger partial charge in [-0.15, -0.1) is 0 Å². The van der Waals surface area contributed by atoms with Crippen LogP contribution in [0.2, 0.25) is 0 Å². The van der Waals surface area contributed by atoms with E-state index in [4.69, 9.17) is 0 Å². The number of rotatable bonds is 9. The zero-order valence-electron chi connectivity index (χ0n) is 24.4. The van der Waals surface area contributed by atoms with Crippen LogP contribution in [0.15, 0.2) is 177 Å². The van der Waals surface area contributed by atoms with Crippen LogP contribution in [0.3, 0.4) is 0 Å². The van der Waals surface area contributed by atoms with Crippen LogP contribution in [-0.2, 0) is 0 Å². The van der Waals surface area contributed by atoms with Gasteiger partial charge < -0.3 is 9.80 Å². The molecule has 0 N–H and O–H groups in total. The van der Waals surface area contributed by atoms with Crippen molar-refractivity contribution in [3.63, 3.8) is 0 Å². The first-order valence-electron chi connectivity index (χ1n) is 14.5. The lowest BCUT2D eigenvalue weighted by Gasteiger charge is -2.26. The van der Waals surface area contributed by atoms with Crippen LogP contribution >= 0.6 is 0 Å². The predicted molar refractivity (Wildman–Crippen MR) is 187 cm³/mol. The molecular weight excluding hydrogens is 520 g/mol. The maximum Gasteiger partial charge on any atom is 0.0468 e. The summed E-state index contributed by atoms with van der Waals surface area (Å²) in [5, 5.41) is 2.44. The highest BCUT2D eigenvalue weighted by atomic mass is 15.1. The van der Waals surface area contributed by atoms with Crippen molar-refractivity contribution < 1.29 is 0 Å². The third-order valence-corrected chi connectivity index (χ3v) is 7.82. The van der Waals surface area contributed by atoms with E-state index < -0.39 is 0 Å². The summed E-state index contributed by atoms with van der Waals surface area (Å²) in [5.74, 6) is 0. The number of nitrogens with zero attached hydrogens (tertiary/aromatic N) is 2. The third-order valence-electron chi connectivity index (χ3n) is 7.82. The summed E-state index contributed by atoms with van der Waals surface area (Å²) in [7, 11) is 2.10. The molecule has 6 rings (SSSR count). The minimum Gasteiger partial charge on any atom is -0.345 e. The van der Waals surface area contributed by atoms with Gasteiger partial charge in [-0.3, -0.25) is 0 Å². The summed E-state index contributed by atoms with van der Waals surface area (Å²) in [6.45, 7) is 7.81. The van der Waals surface area contributed by atoms with Gasteiger partial charge in [0.05, 0.1) is 0 Å². The summed E-state index contributed by atoms with van der Waals surface area (Å²) in [4.78, 5) is 4.51. The number of allylic oxidation sites excluding steroid dienone is 4. The molecule has 0 saturated heterocycles. The number of para-hydroxylation sites is 1. The Labute approximate surface area is 254 Å². The van der Waals surface area contributed by atoms with E-state index >= 15 is 0 Å². The van der Waals surface area contributed by atoms with Crippen LogP contribution in [-0.4, -0.2) is 7.05 Å². The number of hydrogen-bond donors (Lipinski definition) is 0. The molecule has 0 aromatic heterocycles. The molecule has 6 aromatic carbocycles. The molecule has 0 spiro atoms. The maximum absolute atomic E-state index is 3.97. The monoisotopic (exact) mass is 554 g/mol. The minimum absolute atomic E-state index is 1.05. The fourth-order valence-corrected chi connectivity index (χ4v) is 5.46. The molecule has 0 unspecified atom stereocenters. The van der Waals surface area contributed by atoms with Crippen LogP contribution < -0.4 is 9.80 Å². The van der Waals surface area contributed by atoms with Gasteiger partial charge in [0.25, 0.3) is 0 Å². The quantitative estimate of drug-likeness (QED) is 0.164. The Balaban J connectivity index is 1.34. The highest BCUT2D eigenvalue weighted by molar-refractivity contribution is 5.90. The van der Waals surface area contributed by atoms with Crippen molar-refractivity contribution >= 4 is 44.8 Å². The summed E-state index contributed by atoms with van der Waals surface area (Å²) >= 11 is 0. The van der Waals surface area contributed by atoms with Gasteiger partial charge in [0, 0.05) is 35.5 Å². The van der Waals surface area contributed by atoms with Crippen LogP contribution in [0.1, 0.15) is 5.56 Å². The van der Waals surface area contributed by atoms with Crippen LogP contribution in [0.5, 0.6) is 0 Å². The van der Waals surface area contributed by atoms with Gasteiger partial charge in [0.15, 0.2) is 0 Å². The predicted octanol–water partition coefficient (Wildman–Crippen LogP) is 11.5. The summed E-state index contributed by atoms with van der Waals surface area (Å²) in [6, 6.07) is 51.7. The van der Waals surface area contributed by atoms with Crippen molar-refractivity contribution in [1.82, 2.24) is 0 Å². The summed E-state index contributed by atoms with van der Waals surface area (Å²) in [5.41, 5.74) is 10.1. The van der Waals surface area contributed by atoms with E-state index in [0.29, 0.717) is 0 Å². The topological polar surface area (TPSA) is 6.48 Å². The van der Waals surface area contributed by atoms with E-state index in [2.05, 4.69) is 170 Å². The zero-order chi connectivity index (χ0) is 29.6. The van der Waals surface area contributed by atoms with Gasteiger partial charge >= 0.3 is 0 Å². The minimum atomic E-state index is 1.05. The number of hydrogen-bond acceptors (Lipinski definition) is 2. The SMILES string of the molecule is C=C/C=C(\C=C)c1ccc(N(c2ccc(-c3ccc(N(C)c4ccccc4)cc3)cc2)c2ccc3ccccc3c2)cc1. The van der Waals surface area contributed by atoms with Gasteiger partial charge in [-0.25, -0.2) is 0 Å². The highest BCUT2D eigenvalue weighted by Crippen LogP contribution is 2.38. The third kappa shape index (κ3) is 5.91. The van der Waals surface area contributed by atoms with Crippen molar-refractivity contribution in [3.8, 4) is 11.1 Å². The lowest BCUT2D eigenvalue weighted by atomic mass is 10.0. The smallest absolute Gasteiger partial charge is 0.0468 e. The fraction of sp³-hybridized carbons (Fsp3) is 0.0244. The van der Waals surface area contributed by atoms with Gasteiger partial charge in [-0.05, 0) is 93.7 Å². The number of benzene rings is 6. The molecule has 0 atom stereocenters. The lowest BCUT2D eigenvalue weighted by Crippen LogP contribution is -2.10. The first-order chi connectivity index (χ1) is 21.1. The molecule has 0 heterocycles. The van der Waals surface area contributed by atoms with Gasteiger partial charge in [0.1, 0.15) is 0 Å². The molecule has 0 fully saturated rings. The van der Waals surface area contributed by atoms with Crippen molar-refractivity contribution in [2.24, 2.45) is 0 Å². The van der Waals surface area contributed by atoms with Crippen LogP contribution in [0, 0.1) is 0 Å². The fourth-order valence-electron chi connectivity index (χ4n) is 5.46. The number of anilines is 5. The van der Waals surface area contributed by atoms with Crippen molar-refractivity contribution in [3.05, 3.63) is 183 Å². The van der Waals surface area contributed by atoms with Crippen LogP contribution in [0.25, 0.3) is 27.5 Å². The Bertz CT molecular complexity index is 1880. The van der Waals surface area contributed by atoms with E-state index in [1.807, 2.05) is 18.2 Å². The van der Waals surface area contributed by atoms with E-state index in [1.165, 1.54) is 27.6 Å². The first-order valence-corrected chi connectivity index (χ1v) is 14.5. The molecule has 0 radical (unpaired) electrons. The molecule has 2 heteroatoms. The number of fused-ring (bicyclic) bond motifs is 1. The molecule has 0 aliphatic heterocycles. The van der Waals surface area contributed by atoms with E-state index in [-0.39, 0.29) is 0 Å². The highest BCUT2D eigenvalue weighted by Gasteiger charge is 2.14. The van der Waals surface area contributed by atoms with E-state index in [0.717, 1.165) is 33.9 Å². The Morgan fingerprint density at radius 1 is 0.512 bits per heavy atom. The van der Waals surface area contributed by atoms with Crippen molar-refractivity contribution in [2.75, 3.05) is 16.8 Å². The normalized spacial score (nSPS) is 11.2. The molecule has 0 aliphatic carbocycles. The standard InChI is InChI=1S/C41H34N2/c1-4-11-31(5-2)33-18-25-39(26-19-33)43(41-29-22-32-12-9-10-13-36(32)30-41)40-27-20-35(21-28-40)34-16-23-38(24-17-34)42(3)37-14-7-6-8-15-37/h4-30H,1-2H2,3H3/b31-11+. The Morgan fingerprint density at radius 3 is 1.63 bits per heavy atom. The average Bonchev–Trinajstić information content (AvgIpc) is 3.08. The van der Waals surface area contributed by atoms with Crippen LogP contribution in [0.4, 0.5) is 28.4 Å². The second kappa shape index (κ2) is 12.5. The van der Waals surface area contributed by atoms with Gasteiger partial charge in [-0.1, -0.05) is 116 Å². The molecule has 0 saturated carbocycles. The molecular formula is C41H34N2. The molecule has 0 bridgehead atoms. The molecule has 0 amide bonds. The molecule has 2 nitrogen and oxygen atoms in total. The van der Waals surface area contributed by atoms with Crippen molar-refractivity contribution in [1.29, 1.82) is 0 Å². The maximum atomic E-state index is 3.97. The summed E-state index contributed by atoms with van der Waals surface area (Å²) in [6.07, 6.45) is 5.64. The Morgan fingerprint density at radius 2 is 1.02 bits per heavy atom. The van der Waals surface area contributed by atoms with E-state index in [1.54, 1.807) is 6.08 Å². The Hall–Kier alpha value is -5.60. The first kappa shape index (κ1) is 27.6. The largest absolute Gasteiger partial charge is 0.345 e. The molecule has 43 heavy (non-hydrogen) atoms. The second-order valence-electron chi connectivity index (χ2n) is 10.5. The van der Waals surface area contributed by atoms with Gasteiger partial charge in [0.2, 0.25) is 0 Å². The van der Waals surface area contributed by atoms with Crippen molar-refractivity contribution in [2.45, 2.75) is 0 Å². The average molecular weight is 555 g/mol. The molecule has 0 aliphatic rings. The summed E-state index contributed by atoms with van der Waals surface area (Å²) < 4.78 is 0. The zero-order valence-corrected chi connectivity index (χ0v) is 24.4. The van der Waals surface area contributed by atoms with Gasteiger partial charge in [-0.2, -0.15) is 0 Å².